The van der Waals surface area contributed by atoms with Crippen molar-refractivity contribution in [3.05, 3.63) is 95.8 Å². The van der Waals surface area contributed by atoms with Crippen molar-refractivity contribution >= 4 is 78.5 Å². The molecule has 0 fully saturated rings. The van der Waals surface area contributed by atoms with Crippen molar-refractivity contribution < 1.29 is 23.9 Å². The van der Waals surface area contributed by atoms with Crippen LogP contribution < -0.4 is 26.0 Å². The van der Waals surface area contributed by atoms with Gasteiger partial charge in [0, 0.05) is 74.7 Å². The quantitative estimate of drug-likeness (QED) is 0.0709. The number of H-pyrrole nitrogens is 2. The highest BCUT2D eigenvalue weighted by Gasteiger charge is 2.26. The van der Waals surface area contributed by atoms with Gasteiger partial charge in [0.25, 0.3) is 17.7 Å². The third-order valence-electron chi connectivity index (χ3n) is 10.5. The van der Waals surface area contributed by atoms with E-state index in [2.05, 4.69) is 101 Å². The van der Waals surface area contributed by atoms with E-state index in [-0.39, 0.29) is 23.6 Å². The average molecular weight is 939 g/mol. The van der Waals surface area contributed by atoms with Crippen molar-refractivity contribution in [2.45, 2.75) is 61.8 Å². The molecule has 6 rings (SSSR count). The number of aryl methyl sites for hydroxylation is 2. The molecular formula is C44H58Br2N8O5. The van der Waals surface area contributed by atoms with Gasteiger partial charge < -0.3 is 45.8 Å². The number of nitrogens with zero attached hydrogens (tertiary/aromatic N) is 2. The maximum Gasteiger partial charge on any atom is 0.256 e. The van der Waals surface area contributed by atoms with Gasteiger partial charge in [0.1, 0.15) is 0 Å². The van der Waals surface area contributed by atoms with Gasteiger partial charge >= 0.3 is 0 Å². The minimum Gasteiger partial charge on any atom is -0.482 e. The van der Waals surface area contributed by atoms with E-state index in [4.69, 9.17) is 4.74 Å². The van der Waals surface area contributed by atoms with Crippen LogP contribution in [-0.4, -0.2) is 103 Å². The molecule has 2 aliphatic heterocycles. The van der Waals surface area contributed by atoms with Gasteiger partial charge in [-0.05, 0) is 107 Å². The number of ether oxygens (including phenoxy) is 1. The van der Waals surface area contributed by atoms with E-state index in [0.29, 0.717) is 42.1 Å². The van der Waals surface area contributed by atoms with Gasteiger partial charge in [0.05, 0.1) is 30.2 Å². The summed E-state index contributed by atoms with van der Waals surface area (Å²) in [6.07, 6.45) is 2.33. The summed E-state index contributed by atoms with van der Waals surface area (Å²) < 4.78 is 7.12. The second-order valence-electron chi connectivity index (χ2n) is 14.2. The number of fused-ring (bicyclic) bond motifs is 2. The number of methoxy groups -OCH3 is 1. The van der Waals surface area contributed by atoms with Crippen LogP contribution in [0.25, 0.3) is 11.6 Å². The molecule has 0 aliphatic carbocycles. The van der Waals surface area contributed by atoms with E-state index >= 15 is 0 Å². The first-order valence-electron chi connectivity index (χ1n) is 20.0. The number of aromatic nitrogens is 2. The van der Waals surface area contributed by atoms with Gasteiger partial charge in [0.15, 0.2) is 5.88 Å². The molecule has 4 heterocycles. The van der Waals surface area contributed by atoms with Crippen molar-refractivity contribution in [1.29, 1.82) is 0 Å². The van der Waals surface area contributed by atoms with Gasteiger partial charge in [-0.15, -0.1) is 0 Å². The van der Waals surface area contributed by atoms with Crippen LogP contribution in [-0.2, 0) is 16.0 Å². The monoisotopic (exact) mass is 936 g/mol. The predicted molar refractivity (Wildman–Crippen MR) is 244 cm³/mol. The van der Waals surface area contributed by atoms with Crippen molar-refractivity contribution in [3.63, 3.8) is 0 Å². The summed E-state index contributed by atoms with van der Waals surface area (Å²) in [6.45, 7) is 22.9. The smallest absolute Gasteiger partial charge is 0.256 e. The summed E-state index contributed by atoms with van der Waals surface area (Å²) in [6, 6.07) is 11.5. The molecule has 15 heteroatoms. The number of amides is 4. The zero-order chi connectivity index (χ0) is 43.4. The molecule has 13 nitrogen and oxygen atoms in total. The molecular weight excluding hydrogens is 880 g/mol. The van der Waals surface area contributed by atoms with Gasteiger partial charge in [-0.25, -0.2) is 0 Å². The lowest BCUT2D eigenvalue weighted by atomic mass is 10.0. The average Bonchev–Trinajstić information content (AvgIpc) is 3.91. The number of benzene rings is 2. The zero-order valence-corrected chi connectivity index (χ0v) is 38.8. The first-order chi connectivity index (χ1) is 28.1. The lowest BCUT2D eigenvalue weighted by Crippen LogP contribution is -2.35. The number of halogens is 2. The minimum atomic E-state index is -0.144. The van der Waals surface area contributed by atoms with Gasteiger partial charge in [-0.1, -0.05) is 59.6 Å². The zero-order valence-electron chi connectivity index (χ0n) is 35.6. The number of rotatable bonds is 14. The Morgan fingerprint density at radius 1 is 0.746 bits per heavy atom. The van der Waals surface area contributed by atoms with Gasteiger partial charge in [0.2, 0.25) is 5.91 Å². The molecule has 4 amide bonds. The molecule has 0 saturated carbocycles. The minimum absolute atomic E-state index is 0.0401. The highest BCUT2D eigenvalue weighted by Crippen LogP contribution is 2.36. The molecule has 0 unspecified atom stereocenters. The summed E-state index contributed by atoms with van der Waals surface area (Å²) in [5, 5.41) is 11.6. The topological polar surface area (TPSA) is 164 Å². The van der Waals surface area contributed by atoms with Gasteiger partial charge in [-0.2, -0.15) is 0 Å². The lowest BCUT2D eigenvalue weighted by molar-refractivity contribution is -0.115. The third-order valence-corrected chi connectivity index (χ3v) is 11.5. The second-order valence-corrected chi connectivity index (χ2v) is 16.1. The first kappa shape index (κ1) is 47.0. The van der Waals surface area contributed by atoms with E-state index in [0.717, 1.165) is 98.9 Å². The second kappa shape index (κ2) is 22.1. The normalized spacial score (nSPS) is 13.3. The maximum atomic E-state index is 12.7. The summed E-state index contributed by atoms with van der Waals surface area (Å²) in [5.41, 5.74) is 9.68. The molecule has 0 radical (unpaired) electrons. The van der Waals surface area contributed by atoms with Crippen LogP contribution in [0.15, 0.2) is 45.3 Å². The van der Waals surface area contributed by atoms with Crippen LogP contribution in [0.1, 0.15) is 87.7 Å². The number of anilines is 2. The van der Waals surface area contributed by atoms with Crippen molar-refractivity contribution in [3.8, 4) is 5.88 Å². The molecule has 2 aromatic heterocycles. The summed E-state index contributed by atoms with van der Waals surface area (Å²) >= 11 is 6.81. The molecule has 59 heavy (non-hydrogen) atoms. The van der Waals surface area contributed by atoms with Crippen LogP contribution in [0, 0.1) is 27.7 Å². The molecule has 318 valence electrons. The van der Waals surface area contributed by atoms with E-state index in [1.807, 2.05) is 70.2 Å². The molecule has 0 atom stereocenters. The Bertz CT molecular complexity index is 2170. The summed E-state index contributed by atoms with van der Waals surface area (Å²) in [5.74, 6) is 0.466. The van der Waals surface area contributed by atoms with Crippen LogP contribution in [0.2, 0.25) is 0 Å². The SMILES string of the molecule is CCN(CC)CCNC(=O)c1c(C)[nH]c(/C=C2\C(=O)Nc3ccc(Br)cc32)c1C.CCN(CC)CCNC(=O)c1c(C)[nH]c(OC)c1C.O=C1Cc2cc(Br)ccc2N1. The Hall–Kier alpha value is -4.70. The predicted octanol–water partition coefficient (Wildman–Crippen LogP) is 7.61. The fourth-order valence-corrected chi connectivity index (χ4v) is 7.85. The molecule has 6 N–H and O–H groups in total. The highest BCUT2D eigenvalue weighted by molar-refractivity contribution is 9.10. The summed E-state index contributed by atoms with van der Waals surface area (Å²) in [4.78, 5) is 59.1. The van der Waals surface area contributed by atoms with Crippen LogP contribution in [0.5, 0.6) is 5.88 Å². The van der Waals surface area contributed by atoms with Crippen LogP contribution >= 0.6 is 31.9 Å². The Morgan fingerprint density at radius 3 is 1.81 bits per heavy atom. The highest BCUT2D eigenvalue weighted by atomic mass is 79.9. The Balaban J connectivity index is 0.000000218. The number of carbonyl (C=O) groups is 4. The molecule has 2 aliphatic rings. The number of hydrogen-bond acceptors (Lipinski definition) is 7. The number of aromatic amines is 2. The Labute approximate surface area is 364 Å². The largest absolute Gasteiger partial charge is 0.482 e. The molecule has 2 aromatic carbocycles. The number of carbonyl (C=O) groups excluding carboxylic acids is 4. The fraction of sp³-hybridized carbons (Fsp3) is 0.409. The molecule has 4 aromatic rings. The molecule has 0 bridgehead atoms. The van der Waals surface area contributed by atoms with Crippen molar-refractivity contribution in [1.82, 2.24) is 30.4 Å². The number of hydrogen-bond donors (Lipinski definition) is 6. The summed E-state index contributed by atoms with van der Waals surface area (Å²) in [7, 11) is 1.60. The molecule has 0 spiro atoms. The third kappa shape index (κ3) is 12.2. The lowest BCUT2D eigenvalue weighted by Gasteiger charge is -2.18. The maximum absolute atomic E-state index is 12.7. The van der Waals surface area contributed by atoms with Gasteiger partial charge in [-0.3, -0.25) is 19.2 Å². The van der Waals surface area contributed by atoms with Crippen molar-refractivity contribution in [2.75, 3.05) is 70.1 Å². The van der Waals surface area contributed by atoms with Crippen molar-refractivity contribution in [2.24, 2.45) is 0 Å². The first-order valence-corrected chi connectivity index (χ1v) is 21.6. The molecule has 0 saturated heterocycles. The van der Waals surface area contributed by atoms with E-state index < -0.39 is 0 Å². The van der Waals surface area contributed by atoms with E-state index in [1.165, 1.54) is 0 Å². The Kier molecular flexibility index (Phi) is 17.6. The number of likely N-dealkylation sites (N-methyl/N-ethyl adjacent to an activating group) is 2. The van der Waals surface area contributed by atoms with E-state index in [1.54, 1.807) is 7.11 Å². The standard InChI is InChI=1S/C22H27BrN4O2.C14H25N3O2.C8H6BrNO/c1-5-27(6-2)10-9-24-22(29)20-13(3)19(25-14(20)4)12-17-16-11-15(23)7-8-18(16)26-21(17)28;1-6-17(7-2)9-8-15-13(18)12-10(3)14(19-5)16-11(12)4;9-6-1-2-7-5(3-6)4-8(11)10-7/h7-8,11-12,25H,5-6,9-10H2,1-4H3,(H,24,29)(H,26,28);16H,6-9H2,1-5H3,(H,15,18);1-3H,4H2,(H,10,11)/b17-12-;;. The van der Waals surface area contributed by atoms with Crippen LogP contribution in [0.4, 0.5) is 11.4 Å². The van der Waals surface area contributed by atoms with E-state index in [9.17, 15) is 19.2 Å². The fourth-order valence-electron chi connectivity index (χ4n) is 7.08. The Morgan fingerprint density at radius 2 is 1.27 bits per heavy atom. The number of nitrogens with one attached hydrogen (secondary N) is 6. The van der Waals surface area contributed by atoms with Crippen LogP contribution in [0.3, 0.4) is 0 Å².